The summed E-state index contributed by atoms with van der Waals surface area (Å²) in [5, 5.41) is 5.56. The van der Waals surface area contributed by atoms with Crippen LogP contribution in [0, 0.1) is 0 Å². The summed E-state index contributed by atoms with van der Waals surface area (Å²) < 4.78 is 12.2. The van der Waals surface area contributed by atoms with Gasteiger partial charge in [-0.3, -0.25) is 0 Å². The minimum atomic E-state index is 0. The maximum absolute atomic E-state index is 6.10. The Morgan fingerprint density at radius 2 is 1.86 bits per heavy atom. The number of hydrogen-bond donors (Lipinski definition) is 1. The third kappa shape index (κ3) is 6.00. The van der Waals surface area contributed by atoms with E-state index in [9.17, 15) is 0 Å². The minimum absolute atomic E-state index is 0. The Balaban J connectivity index is 0.00000289. The molecule has 35 heavy (non-hydrogen) atoms. The average molecular weight is 513 g/mol. The van der Waals surface area contributed by atoms with Crippen LogP contribution in [0.1, 0.15) is 49.4 Å². The Hall–Kier alpha value is -2.12. The Labute approximate surface area is 218 Å². The number of nitrogens with zero attached hydrogens (tertiary/aromatic N) is 3. The highest BCUT2D eigenvalue weighted by atomic mass is 35.5. The van der Waals surface area contributed by atoms with E-state index >= 15 is 0 Å². The van der Waals surface area contributed by atoms with E-state index in [0.717, 1.165) is 70.6 Å². The molecule has 5 rings (SSSR count). The number of aromatic nitrogens is 3. The summed E-state index contributed by atoms with van der Waals surface area (Å²) in [5.41, 5.74) is 6.50. The minimum Gasteiger partial charge on any atom is -0.373 e. The third-order valence-electron chi connectivity index (χ3n) is 6.98. The van der Waals surface area contributed by atoms with Gasteiger partial charge in [0.15, 0.2) is 5.82 Å². The molecule has 0 amide bonds. The number of halogens is 1. The molecule has 0 spiro atoms. The van der Waals surface area contributed by atoms with Crippen LogP contribution in [0.15, 0.2) is 48.0 Å². The second-order valence-electron chi connectivity index (χ2n) is 9.41. The Kier molecular flexibility index (Phi) is 9.06. The number of imidazole rings is 1. The van der Waals surface area contributed by atoms with E-state index in [1.807, 2.05) is 0 Å². The van der Waals surface area contributed by atoms with E-state index in [-0.39, 0.29) is 12.4 Å². The largest absolute Gasteiger partial charge is 0.373 e. The number of nitrogens with one attached hydrogen (secondary N) is 1. The lowest BCUT2D eigenvalue weighted by Gasteiger charge is -2.23. The summed E-state index contributed by atoms with van der Waals surface area (Å²) in [4.78, 5) is 4.87. The first-order valence-corrected chi connectivity index (χ1v) is 13.6. The van der Waals surface area contributed by atoms with E-state index in [2.05, 4.69) is 76.4 Å². The van der Waals surface area contributed by atoms with Crippen LogP contribution in [0.4, 0.5) is 0 Å². The van der Waals surface area contributed by atoms with Crippen molar-refractivity contribution >= 4 is 34.0 Å². The maximum atomic E-state index is 6.10. The number of benzene rings is 1. The van der Waals surface area contributed by atoms with Gasteiger partial charge in [0, 0.05) is 25.5 Å². The average Bonchev–Trinajstić information content (AvgIpc) is 3.56. The van der Waals surface area contributed by atoms with Crippen LogP contribution in [0.3, 0.4) is 0 Å². The molecule has 4 heterocycles. The van der Waals surface area contributed by atoms with E-state index in [4.69, 9.17) is 9.72 Å². The summed E-state index contributed by atoms with van der Waals surface area (Å²) in [5.74, 6) is 1.10. The summed E-state index contributed by atoms with van der Waals surface area (Å²) in [6, 6.07) is 13.5. The number of rotatable bonds is 10. The number of thiophene rings is 1. The zero-order chi connectivity index (χ0) is 23.3. The van der Waals surface area contributed by atoms with Gasteiger partial charge in [0.1, 0.15) is 0 Å². The van der Waals surface area contributed by atoms with Crippen LogP contribution < -0.4 is 5.32 Å². The Morgan fingerprint density at radius 1 is 1.09 bits per heavy atom. The Morgan fingerprint density at radius 3 is 2.60 bits per heavy atom. The molecule has 0 bridgehead atoms. The molecule has 0 aliphatic carbocycles. The van der Waals surface area contributed by atoms with Gasteiger partial charge in [-0.05, 0) is 73.8 Å². The van der Waals surface area contributed by atoms with Gasteiger partial charge in [-0.15, -0.1) is 23.7 Å². The lowest BCUT2D eigenvalue weighted by molar-refractivity contribution is 0.0212. The van der Waals surface area contributed by atoms with Crippen molar-refractivity contribution in [1.82, 2.24) is 19.4 Å². The first kappa shape index (κ1) is 26.0. The van der Waals surface area contributed by atoms with Crippen LogP contribution >= 0.6 is 23.7 Å². The first-order valence-electron chi connectivity index (χ1n) is 12.7. The van der Waals surface area contributed by atoms with Crippen molar-refractivity contribution in [3.8, 4) is 11.5 Å². The van der Waals surface area contributed by atoms with Crippen molar-refractivity contribution in [3.63, 3.8) is 0 Å². The van der Waals surface area contributed by atoms with Gasteiger partial charge in [-0.1, -0.05) is 37.6 Å². The van der Waals surface area contributed by atoms with Crippen LogP contribution in [0.25, 0.3) is 21.7 Å². The van der Waals surface area contributed by atoms with Crippen LogP contribution in [-0.2, 0) is 37.8 Å². The fourth-order valence-electron chi connectivity index (χ4n) is 5.00. The van der Waals surface area contributed by atoms with Crippen LogP contribution in [-0.4, -0.2) is 33.3 Å². The molecule has 0 saturated carbocycles. The molecular formula is C28H37ClN4OS. The van der Waals surface area contributed by atoms with E-state index in [0.29, 0.717) is 6.10 Å². The molecule has 1 aromatic carbocycles. The molecule has 7 heteroatoms. The standard InChI is InChI=1S/C28H36N4OS.ClH/c1-3-5-23-19-30-28(26-18-27-25(31(26)2)13-17-34-27)32(23)16-4-6-21-7-9-22(10-8-21)20-33-24-11-14-29-15-12-24;/h7-10,13,17-19,24,29H,3-6,11-12,14-16,20H2,1-2H3;1H. The number of ether oxygens (including phenoxy) is 1. The first-order chi connectivity index (χ1) is 16.7. The summed E-state index contributed by atoms with van der Waals surface area (Å²) in [6.45, 7) is 6.10. The van der Waals surface area contributed by atoms with Crippen LogP contribution in [0.2, 0.25) is 0 Å². The molecular weight excluding hydrogens is 476 g/mol. The van der Waals surface area contributed by atoms with E-state index in [1.165, 1.54) is 32.7 Å². The number of hydrogen-bond acceptors (Lipinski definition) is 4. The highest BCUT2D eigenvalue weighted by Crippen LogP contribution is 2.31. The summed E-state index contributed by atoms with van der Waals surface area (Å²) >= 11 is 1.80. The smallest absolute Gasteiger partial charge is 0.156 e. The molecule has 0 atom stereocenters. The number of fused-ring (bicyclic) bond motifs is 1. The molecule has 0 unspecified atom stereocenters. The predicted octanol–water partition coefficient (Wildman–Crippen LogP) is 6.38. The van der Waals surface area contributed by atoms with Crippen molar-refractivity contribution in [3.05, 3.63) is 64.8 Å². The van der Waals surface area contributed by atoms with Crippen molar-refractivity contribution < 1.29 is 4.74 Å². The van der Waals surface area contributed by atoms with Crippen molar-refractivity contribution in [2.75, 3.05) is 13.1 Å². The van der Waals surface area contributed by atoms with Gasteiger partial charge in [0.2, 0.25) is 0 Å². The molecule has 0 radical (unpaired) electrons. The van der Waals surface area contributed by atoms with Crippen LogP contribution in [0.5, 0.6) is 0 Å². The number of aryl methyl sites for hydroxylation is 3. The molecule has 1 aliphatic heterocycles. The summed E-state index contributed by atoms with van der Waals surface area (Å²) in [7, 11) is 2.15. The van der Waals surface area contributed by atoms with Gasteiger partial charge in [-0.2, -0.15) is 0 Å². The number of piperidine rings is 1. The second kappa shape index (κ2) is 12.2. The highest BCUT2D eigenvalue weighted by Gasteiger charge is 2.17. The fourth-order valence-corrected chi connectivity index (χ4v) is 5.85. The van der Waals surface area contributed by atoms with Gasteiger partial charge in [0.25, 0.3) is 0 Å². The topological polar surface area (TPSA) is 44.0 Å². The normalized spacial score (nSPS) is 14.5. The van der Waals surface area contributed by atoms with E-state index < -0.39 is 0 Å². The van der Waals surface area contributed by atoms with Gasteiger partial charge < -0.3 is 19.2 Å². The third-order valence-corrected chi connectivity index (χ3v) is 7.83. The van der Waals surface area contributed by atoms with Gasteiger partial charge in [0.05, 0.1) is 28.6 Å². The van der Waals surface area contributed by atoms with E-state index in [1.54, 1.807) is 11.3 Å². The lowest BCUT2D eigenvalue weighted by Crippen LogP contribution is -2.32. The maximum Gasteiger partial charge on any atom is 0.156 e. The van der Waals surface area contributed by atoms with Crippen molar-refractivity contribution in [2.45, 2.75) is 64.7 Å². The van der Waals surface area contributed by atoms with Gasteiger partial charge >= 0.3 is 0 Å². The zero-order valence-corrected chi connectivity index (χ0v) is 22.5. The monoisotopic (exact) mass is 512 g/mol. The molecule has 1 saturated heterocycles. The highest BCUT2D eigenvalue weighted by molar-refractivity contribution is 7.17. The summed E-state index contributed by atoms with van der Waals surface area (Å²) in [6.07, 6.45) is 9.10. The molecule has 5 nitrogen and oxygen atoms in total. The zero-order valence-electron chi connectivity index (χ0n) is 20.8. The second-order valence-corrected chi connectivity index (χ2v) is 10.4. The molecule has 1 N–H and O–H groups in total. The fraction of sp³-hybridized carbons (Fsp3) is 0.464. The molecule has 3 aromatic heterocycles. The Bertz CT molecular complexity index is 1200. The molecule has 1 fully saturated rings. The van der Waals surface area contributed by atoms with Gasteiger partial charge in [-0.25, -0.2) is 4.98 Å². The SMILES string of the molecule is CCCc1cnc(-c2cc3sccc3n2C)n1CCCc1ccc(COC2CCNCC2)cc1.Cl. The van der Waals surface area contributed by atoms with Crippen molar-refractivity contribution in [2.24, 2.45) is 7.05 Å². The molecule has 4 aromatic rings. The molecule has 188 valence electrons. The van der Waals surface area contributed by atoms with Crippen molar-refractivity contribution in [1.29, 1.82) is 0 Å². The molecule has 1 aliphatic rings. The predicted molar refractivity (Wildman–Crippen MR) is 149 cm³/mol. The lowest BCUT2D eigenvalue weighted by atomic mass is 10.1. The quantitative estimate of drug-likeness (QED) is 0.268.